The van der Waals surface area contributed by atoms with E-state index in [4.69, 9.17) is 10.9 Å². The minimum atomic E-state index is 0.145. The van der Waals surface area contributed by atoms with E-state index in [-0.39, 0.29) is 5.84 Å². The van der Waals surface area contributed by atoms with Gasteiger partial charge < -0.3 is 15.5 Å². The Morgan fingerprint density at radius 1 is 1.44 bits per heavy atom. The lowest BCUT2D eigenvalue weighted by Crippen LogP contribution is -2.12. The molecule has 0 unspecified atom stereocenters. The van der Waals surface area contributed by atoms with Crippen LogP contribution >= 0.6 is 11.8 Å². The maximum absolute atomic E-state index is 8.66. The number of benzene rings is 1. The summed E-state index contributed by atoms with van der Waals surface area (Å²) in [7, 11) is 0. The highest BCUT2D eigenvalue weighted by Crippen LogP contribution is 2.18. The van der Waals surface area contributed by atoms with Crippen molar-refractivity contribution in [2.45, 2.75) is 13.0 Å². The van der Waals surface area contributed by atoms with Gasteiger partial charge in [0, 0.05) is 29.2 Å². The van der Waals surface area contributed by atoms with Crippen LogP contribution in [0.3, 0.4) is 0 Å². The second-order valence-electron chi connectivity index (χ2n) is 4.11. The number of nitrogens with zero attached hydrogens (tertiary/aromatic N) is 2. The van der Waals surface area contributed by atoms with E-state index in [1.54, 1.807) is 0 Å². The zero-order valence-corrected chi connectivity index (χ0v) is 11.2. The van der Waals surface area contributed by atoms with E-state index < -0.39 is 0 Å². The van der Waals surface area contributed by atoms with Gasteiger partial charge in [-0.2, -0.15) is 11.8 Å². The van der Waals surface area contributed by atoms with Crippen LogP contribution in [0.4, 0.5) is 0 Å². The number of rotatable bonds is 5. The van der Waals surface area contributed by atoms with Crippen LogP contribution in [0.15, 0.2) is 35.6 Å². The van der Waals surface area contributed by atoms with Gasteiger partial charge in [0.2, 0.25) is 0 Å². The summed E-state index contributed by atoms with van der Waals surface area (Å²) in [6.45, 7) is 1.02. The van der Waals surface area contributed by atoms with Gasteiger partial charge in [-0.15, -0.1) is 0 Å². The molecule has 3 N–H and O–H groups in total. The van der Waals surface area contributed by atoms with Gasteiger partial charge in [-0.25, -0.2) is 0 Å². The summed E-state index contributed by atoms with van der Waals surface area (Å²) in [6.07, 6.45) is 5.37. The topological polar surface area (TPSA) is 63.5 Å². The number of oxime groups is 1. The summed E-state index contributed by atoms with van der Waals surface area (Å²) in [5, 5.41) is 12.8. The number of hydrogen-bond acceptors (Lipinski definition) is 3. The number of hydrogen-bond donors (Lipinski definition) is 2. The lowest BCUT2D eigenvalue weighted by molar-refractivity contribution is 0.318. The van der Waals surface area contributed by atoms with Gasteiger partial charge in [0.15, 0.2) is 5.84 Å². The van der Waals surface area contributed by atoms with E-state index in [1.165, 1.54) is 11.3 Å². The average Bonchev–Trinajstić information content (AvgIpc) is 2.80. The third-order valence-corrected chi connectivity index (χ3v) is 3.62. The molecule has 0 atom stereocenters. The van der Waals surface area contributed by atoms with Gasteiger partial charge in [0.05, 0.1) is 0 Å². The normalized spacial score (nSPS) is 12.2. The van der Waals surface area contributed by atoms with Gasteiger partial charge in [0.1, 0.15) is 0 Å². The first-order chi connectivity index (χ1) is 8.76. The molecule has 2 rings (SSSR count). The molecule has 1 aromatic heterocycles. The van der Waals surface area contributed by atoms with Gasteiger partial charge in [-0.1, -0.05) is 5.16 Å². The largest absolute Gasteiger partial charge is 0.409 e. The molecule has 0 fully saturated rings. The Kier molecular flexibility index (Phi) is 4.15. The first-order valence-corrected chi connectivity index (χ1v) is 7.21. The number of aromatic nitrogens is 1. The summed E-state index contributed by atoms with van der Waals surface area (Å²) in [5.41, 5.74) is 7.51. The van der Waals surface area contributed by atoms with Crippen molar-refractivity contribution in [1.29, 1.82) is 0 Å². The van der Waals surface area contributed by atoms with E-state index in [9.17, 15) is 0 Å². The maximum atomic E-state index is 8.66. The Morgan fingerprint density at radius 2 is 2.28 bits per heavy atom. The van der Waals surface area contributed by atoms with Crippen molar-refractivity contribution in [2.24, 2.45) is 10.9 Å². The first-order valence-electron chi connectivity index (χ1n) is 5.82. The van der Waals surface area contributed by atoms with Crippen molar-refractivity contribution >= 4 is 28.5 Å². The quantitative estimate of drug-likeness (QED) is 0.286. The van der Waals surface area contributed by atoms with Crippen LogP contribution in [0.25, 0.3) is 10.9 Å². The fourth-order valence-electron chi connectivity index (χ4n) is 1.99. The van der Waals surface area contributed by atoms with Gasteiger partial charge in [0.25, 0.3) is 0 Å². The molecule has 0 spiro atoms. The number of fused-ring (bicyclic) bond motifs is 1. The van der Waals surface area contributed by atoms with E-state index in [0.717, 1.165) is 23.9 Å². The SMILES string of the molecule is CSCCCn1ccc2cc(/C(N)=N/O)ccc21. The zero-order valence-electron chi connectivity index (χ0n) is 10.3. The van der Waals surface area contributed by atoms with E-state index >= 15 is 0 Å². The summed E-state index contributed by atoms with van der Waals surface area (Å²) in [4.78, 5) is 0. The Morgan fingerprint density at radius 3 is 3.00 bits per heavy atom. The van der Waals surface area contributed by atoms with Crippen LogP contribution in [0.2, 0.25) is 0 Å². The molecule has 1 aromatic carbocycles. The first kappa shape index (κ1) is 12.8. The van der Waals surface area contributed by atoms with Gasteiger partial charge in [-0.05, 0) is 42.7 Å². The molecule has 1 heterocycles. The highest BCUT2D eigenvalue weighted by Gasteiger charge is 2.04. The molecule has 2 aromatic rings. The van der Waals surface area contributed by atoms with Crippen LogP contribution in [-0.2, 0) is 6.54 Å². The van der Waals surface area contributed by atoms with Crippen LogP contribution in [0.5, 0.6) is 0 Å². The molecule has 0 radical (unpaired) electrons. The number of amidine groups is 1. The highest BCUT2D eigenvalue weighted by atomic mass is 32.2. The fraction of sp³-hybridized carbons (Fsp3) is 0.308. The Bertz CT molecular complexity index is 562. The zero-order chi connectivity index (χ0) is 13.0. The number of aryl methyl sites for hydroxylation is 1. The second kappa shape index (κ2) is 5.82. The minimum absolute atomic E-state index is 0.145. The van der Waals surface area contributed by atoms with Crippen molar-refractivity contribution in [3.63, 3.8) is 0 Å². The lowest BCUT2D eigenvalue weighted by Gasteiger charge is -2.05. The molecule has 0 aliphatic rings. The number of thioether (sulfide) groups is 1. The van der Waals surface area contributed by atoms with Crippen molar-refractivity contribution in [1.82, 2.24) is 4.57 Å². The van der Waals surface area contributed by atoms with Crippen molar-refractivity contribution in [3.05, 3.63) is 36.0 Å². The Balaban J connectivity index is 2.26. The van der Waals surface area contributed by atoms with Crippen LogP contribution in [0.1, 0.15) is 12.0 Å². The van der Waals surface area contributed by atoms with Crippen LogP contribution in [0, 0.1) is 0 Å². The molecule has 0 saturated carbocycles. The Hall–Kier alpha value is -1.62. The summed E-state index contributed by atoms with van der Waals surface area (Å²) < 4.78 is 2.24. The molecular formula is C13H17N3OS. The molecule has 5 heteroatoms. The fourth-order valence-corrected chi connectivity index (χ4v) is 2.41. The highest BCUT2D eigenvalue weighted by molar-refractivity contribution is 7.98. The van der Waals surface area contributed by atoms with Crippen molar-refractivity contribution in [3.8, 4) is 0 Å². The van der Waals surface area contributed by atoms with Gasteiger partial charge in [-0.3, -0.25) is 0 Å². The smallest absolute Gasteiger partial charge is 0.170 e. The predicted molar refractivity (Wildman–Crippen MR) is 77.4 cm³/mol. The third kappa shape index (κ3) is 2.61. The van der Waals surface area contributed by atoms with E-state index in [0.29, 0.717) is 0 Å². The molecule has 4 nitrogen and oxygen atoms in total. The second-order valence-corrected chi connectivity index (χ2v) is 5.10. The number of nitrogens with two attached hydrogens (primary N) is 1. The maximum Gasteiger partial charge on any atom is 0.170 e. The van der Waals surface area contributed by atoms with Gasteiger partial charge >= 0.3 is 0 Å². The standard InChI is InChI=1S/C13H17N3OS/c1-18-8-2-6-16-7-5-10-9-11(13(14)15-17)3-4-12(10)16/h3-5,7,9,17H,2,6,8H2,1H3,(H2,14,15). The molecule has 0 amide bonds. The molecule has 0 aliphatic carbocycles. The average molecular weight is 263 g/mol. The lowest BCUT2D eigenvalue weighted by atomic mass is 10.1. The van der Waals surface area contributed by atoms with Crippen LogP contribution < -0.4 is 5.73 Å². The molecule has 0 saturated heterocycles. The molecule has 0 bridgehead atoms. The Labute approximate surface area is 110 Å². The minimum Gasteiger partial charge on any atom is -0.409 e. The van der Waals surface area contributed by atoms with E-state index in [2.05, 4.69) is 28.2 Å². The molecular weight excluding hydrogens is 246 g/mol. The van der Waals surface area contributed by atoms with Crippen molar-refractivity contribution in [2.75, 3.05) is 12.0 Å². The molecule has 18 heavy (non-hydrogen) atoms. The van der Waals surface area contributed by atoms with Crippen LogP contribution in [-0.4, -0.2) is 27.6 Å². The third-order valence-electron chi connectivity index (χ3n) is 2.92. The summed E-state index contributed by atoms with van der Waals surface area (Å²) in [6, 6.07) is 7.89. The monoisotopic (exact) mass is 263 g/mol. The van der Waals surface area contributed by atoms with E-state index in [1.807, 2.05) is 30.0 Å². The molecule has 96 valence electrons. The van der Waals surface area contributed by atoms with Crippen molar-refractivity contribution < 1.29 is 5.21 Å². The molecule has 0 aliphatic heterocycles. The predicted octanol–water partition coefficient (Wildman–Crippen LogP) is 2.49. The summed E-state index contributed by atoms with van der Waals surface area (Å²) in [5.74, 6) is 1.31. The summed E-state index contributed by atoms with van der Waals surface area (Å²) >= 11 is 1.86.